The van der Waals surface area contributed by atoms with Gasteiger partial charge in [-0.15, -0.1) is 0 Å². The number of rotatable bonds is 5. The zero-order valence-corrected chi connectivity index (χ0v) is 14.6. The lowest BCUT2D eigenvalue weighted by Crippen LogP contribution is -2.43. The predicted molar refractivity (Wildman–Crippen MR) is 95.9 cm³/mol. The predicted octanol–water partition coefficient (Wildman–Crippen LogP) is 4.32. The molecule has 0 aliphatic heterocycles. The molecule has 0 fully saturated rings. The number of hydrogen-bond donors (Lipinski definition) is 0. The van der Waals surface area contributed by atoms with Crippen LogP contribution < -0.4 is 4.67 Å². The van der Waals surface area contributed by atoms with Crippen LogP contribution in [0.15, 0.2) is 65.8 Å². The molecule has 22 heavy (non-hydrogen) atoms. The minimum absolute atomic E-state index is 0.0228. The Bertz CT molecular complexity index is 660. The van der Waals surface area contributed by atoms with Gasteiger partial charge in [-0.1, -0.05) is 48.5 Å². The first-order valence-electron chi connectivity index (χ1n) is 7.40. The minimum Gasteiger partial charge on any atom is -0.294 e. The summed E-state index contributed by atoms with van der Waals surface area (Å²) in [6.45, 7) is 8.21. The van der Waals surface area contributed by atoms with E-state index >= 15 is 0 Å². The van der Waals surface area contributed by atoms with E-state index < -0.39 is 8.24 Å². The number of nitrogens with zero attached hydrogens (tertiary/aromatic N) is 2. The number of hydrogen-bond acceptors (Lipinski definition) is 3. The van der Waals surface area contributed by atoms with E-state index in [9.17, 15) is 4.79 Å². The fourth-order valence-corrected chi connectivity index (χ4v) is 3.52. The van der Waals surface area contributed by atoms with E-state index in [0.29, 0.717) is 5.71 Å². The maximum absolute atomic E-state index is 12.1. The van der Waals surface area contributed by atoms with E-state index in [0.717, 1.165) is 11.3 Å². The molecule has 0 aliphatic rings. The van der Waals surface area contributed by atoms with Gasteiger partial charge in [0.05, 0.1) is 0 Å². The Hall–Kier alpha value is -2.20. The Morgan fingerprint density at radius 3 is 1.86 bits per heavy atom. The summed E-state index contributed by atoms with van der Waals surface area (Å²) in [7, 11) is -1.78. The molecule has 2 aromatic rings. The molecule has 0 saturated carbocycles. The average Bonchev–Trinajstić information content (AvgIpc) is 2.48. The van der Waals surface area contributed by atoms with Crippen LogP contribution in [-0.2, 0) is 4.79 Å². The summed E-state index contributed by atoms with van der Waals surface area (Å²) >= 11 is 0. The van der Waals surface area contributed by atoms with Gasteiger partial charge >= 0.3 is 0 Å². The fraction of sp³-hybridized carbons (Fsp3) is 0.222. The van der Waals surface area contributed by atoms with Crippen molar-refractivity contribution in [1.82, 2.24) is 0 Å². The van der Waals surface area contributed by atoms with Crippen molar-refractivity contribution in [3.63, 3.8) is 0 Å². The first-order chi connectivity index (χ1) is 10.4. The zero-order valence-electron chi connectivity index (χ0n) is 13.6. The van der Waals surface area contributed by atoms with E-state index in [1.807, 2.05) is 65.3 Å². The summed E-state index contributed by atoms with van der Waals surface area (Å²) in [5.74, 6) is -0.0228. The lowest BCUT2D eigenvalue weighted by molar-refractivity contribution is -0.111. The van der Waals surface area contributed by atoms with Gasteiger partial charge in [-0.05, 0) is 31.8 Å². The van der Waals surface area contributed by atoms with Crippen molar-refractivity contribution in [2.45, 2.75) is 26.6 Å². The molecule has 0 atom stereocenters. The average molecular weight is 310 g/mol. The Labute approximate surface area is 133 Å². The molecule has 114 valence electrons. The zero-order chi connectivity index (χ0) is 16.2. The van der Waals surface area contributed by atoms with Crippen molar-refractivity contribution in [2.24, 2.45) is 5.10 Å². The molecule has 2 aromatic carbocycles. The summed E-state index contributed by atoms with van der Waals surface area (Å²) in [5.41, 5.74) is 2.39. The van der Waals surface area contributed by atoms with Gasteiger partial charge in [0.1, 0.15) is 5.71 Å². The molecule has 0 aromatic heterocycles. The van der Waals surface area contributed by atoms with E-state index in [1.54, 1.807) is 6.92 Å². The van der Waals surface area contributed by atoms with Crippen molar-refractivity contribution in [1.29, 1.82) is 0 Å². The lowest BCUT2D eigenvalue weighted by Gasteiger charge is -2.32. The van der Waals surface area contributed by atoms with Gasteiger partial charge in [0.15, 0.2) is 14.0 Å². The van der Waals surface area contributed by atoms with Crippen LogP contribution in [0.3, 0.4) is 0 Å². The number of benzene rings is 2. The third-order valence-corrected chi connectivity index (χ3v) is 4.85. The van der Waals surface area contributed by atoms with Crippen LogP contribution in [-0.4, -0.2) is 19.7 Å². The largest absolute Gasteiger partial charge is 0.294 e. The highest BCUT2D eigenvalue weighted by molar-refractivity contribution is 6.79. The van der Waals surface area contributed by atoms with Gasteiger partial charge in [-0.3, -0.25) is 9.47 Å². The quantitative estimate of drug-likeness (QED) is 0.468. The van der Waals surface area contributed by atoms with Crippen LogP contribution >= 0.6 is 0 Å². The number of carbonyl (C=O) groups excluding carboxylic acids is 1. The SMILES string of the molecule is CC(=O)/C(=N\N(c1ccccc1)[Si](C)(C)C)c1ccccc1. The second-order valence-electron chi connectivity index (χ2n) is 6.19. The maximum atomic E-state index is 12.1. The lowest BCUT2D eigenvalue weighted by atomic mass is 10.1. The van der Waals surface area contributed by atoms with Gasteiger partial charge in [0.2, 0.25) is 0 Å². The second-order valence-corrected chi connectivity index (χ2v) is 11.0. The second kappa shape index (κ2) is 6.71. The molecule has 0 unspecified atom stereocenters. The van der Waals surface area contributed by atoms with Gasteiger partial charge in [-0.2, -0.15) is 5.10 Å². The molecule has 0 aliphatic carbocycles. The van der Waals surface area contributed by atoms with Crippen LogP contribution in [0, 0.1) is 0 Å². The van der Waals surface area contributed by atoms with Gasteiger partial charge in [0.25, 0.3) is 0 Å². The van der Waals surface area contributed by atoms with Gasteiger partial charge in [0, 0.05) is 18.2 Å². The van der Waals surface area contributed by atoms with Gasteiger partial charge in [-0.25, -0.2) is 0 Å². The Kier molecular flexibility index (Phi) is 4.93. The van der Waals surface area contributed by atoms with E-state index in [1.165, 1.54) is 0 Å². The molecule has 0 amide bonds. The smallest absolute Gasteiger partial charge is 0.180 e. The standard InChI is InChI=1S/C18H22N2OSi/c1-15(21)18(16-11-7-5-8-12-16)19-20(22(2,3)4)17-13-9-6-10-14-17/h5-14H,1-4H3/b19-18+. The van der Waals surface area contributed by atoms with Crippen LogP contribution in [0.1, 0.15) is 12.5 Å². The summed E-state index contributed by atoms with van der Waals surface area (Å²) < 4.78 is 2.04. The molecule has 2 rings (SSSR count). The number of para-hydroxylation sites is 1. The minimum atomic E-state index is -1.78. The monoisotopic (exact) mass is 310 g/mol. The highest BCUT2D eigenvalue weighted by Crippen LogP contribution is 2.22. The van der Waals surface area contributed by atoms with Crippen molar-refractivity contribution in [3.05, 3.63) is 66.2 Å². The highest BCUT2D eigenvalue weighted by Gasteiger charge is 2.26. The van der Waals surface area contributed by atoms with E-state index in [-0.39, 0.29) is 5.78 Å². The molecule has 0 radical (unpaired) electrons. The molecule has 0 saturated heterocycles. The molecule has 4 heteroatoms. The molecule has 0 heterocycles. The molecular weight excluding hydrogens is 288 g/mol. The summed E-state index contributed by atoms with van der Waals surface area (Å²) in [4.78, 5) is 12.1. The molecule has 0 N–H and O–H groups in total. The Morgan fingerprint density at radius 1 is 0.909 bits per heavy atom. The number of hydrazone groups is 1. The van der Waals surface area contributed by atoms with E-state index in [2.05, 4.69) is 19.6 Å². The number of anilines is 1. The first-order valence-corrected chi connectivity index (χ1v) is 10.8. The topological polar surface area (TPSA) is 32.7 Å². The van der Waals surface area contributed by atoms with Crippen molar-refractivity contribution in [3.8, 4) is 0 Å². The third-order valence-electron chi connectivity index (χ3n) is 3.22. The molecule has 0 bridgehead atoms. The maximum Gasteiger partial charge on any atom is 0.180 e. The van der Waals surface area contributed by atoms with Crippen molar-refractivity contribution in [2.75, 3.05) is 4.67 Å². The van der Waals surface area contributed by atoms with Crippen LogP contribution in [0.25, 0.3) is 0 Å². The normalized spacial score (nSPS) is 12.1. The fourth-order valence-electron chi connectivity index (χ4n) is 2.19. The first kappa shape index (κ1) is 16.2. The molecule has 3 nitrogen and oxygen atoms in total. The number of carbonyl (C=O) groups is 1. The van der Waals surface area contributed by atoms with Crippen LogP contribution in [0.4, 0.5) is 5.69 Å². The third kappa shape index (κ3) is 3.92. The van der Waals surface area contributed by atoms with Crippen LogP contribution in [0.2, 0.25) is 19.6 Å². The van der Waals surface area contributed by atoms with Gasteiger partial charge < -0.3 is 0 Å². The van der Waals surface area contributed by atoms with Crippen molar-refractivity contribution < 1.29 is 4.79 Å². The Morgan fingerprint density at radius 2 is 1.41 bits per heavy atom. The van der Waals surface area contributed by atoms with Crippen LogP contribution in [0.5, 0.6) is 0 Å². The van der Waals surface area contributed by atoms with E-state index in [4.69, 9.17) is 5.10 Å². The van der Waals surface area contributed by atoms with Crippen molar-refractivity contribution >= 4 is 25.4 Å². The highest BCUT2D eigenvalue weighted by atomic mass is 28.3. The Balaban J connectivity index is 2.53. The summed E-state index contributed by atoms with van der Waals surface area (Å²) in [6.07, 6.45) is 0. The summed E-state index contributed by atoms with van der Waals surface area (Å²) in [5, 5.41) is 4.75. The molecular formula is C18H22N2OSi. The number of Topliss-reactive ketones (excluding diaryl/α,β-unsaturated/α-hetero) is 1. The molecule has 0 spiro atoms. The summed E-state index contributed by atoms with van der Waals surface area (Å²) in [6, 6.07) is 19.7. The number of ketones is 1.